The van der Waals surface area contributed by atoms with Gasteiger partial charge in [0, 0.05) is 31.5 Å². The van der Waals surface area contributed by atoms with Gasteiger partial charge in [0.15, 0.2) is 0 Å². The number of fused-ring (bicyclic) bond motifs is 3. The minimum atomic E-state index is -3.00. The molecule has 4 heterocycles. The quantitative estimate of drug-likeness (QED) is 0.224. The van der Waals surface area contributed by atoms with E-state index in [0.29, 0.717) is 12.8 Å². The van der Waals surface area contributed by atoms with Gasteiger partial charge in [0.2, 0.25) is 0 Å². The summed E-state index contributed by atoms with van der Waals surface area (Å²) in [4.78, 5) is 24.6. The molecule has 3 aliphatic rings. The van der Waals surface area contributed by atoms with Crippen molar-refractivity contribution in [2.75, 3.05) is 19.3 Å². The third kappa shape index (κ3) is 5.11. The van der Waals surface area contributed by atoms with E-state index >= 15 is 0 Å². The molecular weight excluding hydrogens is 609 g/mol. The van der Waals surface area contributed by atoms with Gasteiger partial charge in [-0.3, -0.25) is 14.0 Å². The number of nitrogens with one attached hydrogen (secondary N) is 1. The first-order valence-electron chi connectivity index (χ1n) is 16.8. The molecule has 0 bridgehead atoms. The van der Waals surface area contributed by atoms with Gasteiger partial charge in [-0.1, -0.05) is 61.4 Å². The summed E-state index contributed by atoms with van der Waals surface area (Å²) in [5.41, 5.74) is 8.38. The van der Waals surface area contributed by atoms with Crippen molar-refractivity contribution in [3.05, 3.63) is 76.3 Å². The van der Waals surface area contributed by atoms with E-state index in [1.807, 2.05) is 17.8 Å². The van der Waals surface area contributed by atoms with Crippen LogP contribution >= 0.6 is 0 Å². The summed E-state index contributed by atoms with van der Waals surface area (Å²) in [5, 5.41) is 10.5. The highest BCUT2D eigenvalue weighted by Crippen LogP contribution is 2.49. The van der Waals surface area contributed by atoms with E-state index in [4.69, 9.17) is 4.98 Å². The molecule has 0 unspecified atom stereocenters. The zero-order valence-corrected chi connectivity index (χ0v) is 27.8. The molecule has 2 aromatic carbocycles. The second kappa shape index (κ2) is 11.2. The van der Waals surface area contributed by atoms with Crippen LogP contribution in [0.25, 0.3) is 44.5 Å². The van der Waals surface area contributed by atoms with Gasteiger partial charge < -0.3 is 4.98 Å². The van der Waals surface area contributed by atoms with E-state index in [1.165, 1.54) is 11.8 Å². The average Bonchev–Trinajstić information content (AvgIpc) is 3.38. The minimum absolute atomic E-state index is 0.000124. The SMILES string of the molecule is Cn1c(=O)n(C2CCCC2)c2c3c(-c4ccc(C5(C#N)CC5)cc4)c(-c4ccc(CN5CCC(S(C)(=O)=O)CC5)cc4)[nH]c3ncc21. The van der Waals surface area contributed by atoms with E-state index in [-0.39, 0.29) is 22.4 Å². The number of piperidine rings is 1. The number of aromatic amines is 1. The van der Waals surface area contributed by atoms with Crippen LogP contribution in [0.15, 0.2) is 59.5 Å². The van der Waals surface area contributed by atoms with Crippen molar-refractivity contribution in [2.24, 2.45) is 7.05 Å². The van der Waals surface area contributed by atoms with Gasteiger partial charge in [0.05, 0.1) is 45.0 Å². The number of hydrogen-bond acceptors (Lipinski definition) is 6. The number of aryl methyl sites for hydroxylation is 1. The highest BCUT2D eigenvalue weighted by Gasteiger charge is 2.44. The van der Waals surface area contributed by atoms with Gasteiger partial charge >= 0.3 is 5.69 Å². The molecule has 1 saturated heterocycles. The Morgan fingerprint density at radius 3 is 2.26 bits per heavy atom. The summed E-state index contributed by atoms with van der Waals surface area (Å²) in [5.74, 6) is 0. The number of hydrogen-bond donors (Lipinski definition) is 1. The molecule has 0 radical (unpaired) electrons. The Morgan fingerprint density at radius 1 is 0.979 bits per heavy atom. The van der Waals surface area contributed by atoms with Crippen LogP contribution in [0, 0.1) is 11.3 Å². The maximum absolute atomic E-state index is 13.7. The van der Waals surface area contributed by atoms with Crippen LogP contribution in [0.3, 0.4) is 0 Å². The first-order chi connectivity index (χ1) is 22.7. The van der Waals surface area contributed by atoms with Gasteiger partial charge in [-0.05, 0) is 73.9 Å². The number of nitrogens with zero attached hydrogens (tertiary/aromatic N) is 5. The molecule has 3 fully saturated rings. The van der Waals surface area contributed by atoms with Crippen molar-refractivity contribution in [3.63, 3.8) is 0 Å². The van der Waals surface area contributed by atoms with E-state index < -0.39 is 9.84 Å². The third-order valence-electron chi connectivity index (χ3n) is 11.0. The molecule has 2 aliphatic carbocycles. The molecule has 3 aromatic heterocycles. The lowest BCUT2D eigenvalue weighted by Gasteiger charge is -2.31. The summed E-state index contributed by atoms with van der Waals surface area (Å²) < 4.78 is 27.8. The lowest BCUT2D eigenvalue weighted by molar-refractivity contribution is 0.222. The predicted octanol–water partition coefficient (Wildman–Crippen LogP) is 6.23. The molecule has 47 heavy (non-hydrogen) atoms. The van der Waals surface area contributed by atoms with Crippen molar-refractivity contribution >= 4 is 31.9 Å². The minimum Gasteiger partial charge on any atom is -0.339 e. The maximum atomic E-state index is 13.7. The Morgan fingerprint density at radius 2 is 1.64 bits per heavy atom. The fraction of sp³-hybridized carbons (Fsp3) is 0.432. The summed E-state index contributed by atoms with van der Waals surface area (Å²) >= 11 is 0. The Balaban J connectivity index is 1.23. The second-order valence-corrected chi connectivity index (χ2v) is 16.3. The predicted molar refractivity (Wildman–Crippen MR) is 185 cm³/mol. The lowest BCUT2D eigenvalue weighted by atomic mass is 9.93. The van der Waals surface area contributed by atoms with Crippen LogP contribution in [0.5, 0.6) is 0 Å². The first-order valence-corrected chi connectivity index (χ1v) is 18.8. The number of imidazole rings is 1. The Kier molecular flexibility index (Phi) is 7.19. The lowest BCUT2D eigenvalue weighted by Crippen LogP contribution is -2.38. The third-order valence-corrected chi connectivity index (χ3v) is 12.7. The van der Waals surface area contributed by atoms with Crippen LogP contribution in [-0.2, 0) is 28.8 Å². The number of rotatable bonds is 7. The Bertz CT molecular complexity index is 2200. The zero-order chi connectivity index (χ0) is 32.5. The average molecular weight is 649 g/mol. The van der Waals surface area contributed by atoms with E-state index in [1.54, 1.807) is 4.57 Å². The highest BCUT2D eigenvalue weighted by atomic mass is 32.2. The Hall–Kier alpha value is -4.20. The van der Waals surface area contributed by atoms with Gasteiger partial charge in [0.25, 0.3) is 0 Å². The van der Waals surface area contributed by atoms with Crippen molar-refractivity contribution < 1.29 is 8.42 Å². The standard InChI is InChI=1S/C37H40N6O3S/c1-41-30-21-39-35-32(34(30)43(36(41)44)28-5-3-4-6-28)31(25-11-13-27(14-12-25)37(23-38)17-18-37)33(40-35)26-9-7-24(8-10-26)22-42-19-15-29(16-20-42)47(2,45)46/h7-14,21,28-29H,3-6,15-20,22H2,1-2H3,(H,39,40). The normalized spacial score (nSPS) is 19.1. The van der Waals surface area contributed by atoms with E-state index in [2.05, 4.69) is 64.5 Å². The van der Waals surface area contributed by atoms with Crippen LogP contribution in [-0.4, -0.2) is 57.0 Å². The molecule has 2 saturated carbocycles. The monoisotopic (exact) mass is 648 g/mol. The van der Waals surface area contributed by atoms with Crippen molar-refractivity contribution in [1.82, 2.24) is 24.0 Å². The number of sulfone groups is 1. The van der Waals surface area contributed by atoms with Gasteiger partial charge in [-0.25, -0.2) is 18.2 Å². The number of nitriles is 1. The number of likely N-dealkylation sites (tertiary alicyclic amines) is 1. The highest BCUT2D eigenvalue weighted by molar-refractivity contribution is 7.91. The van der Waals surface area contributed by atoms with Gasteiger partial charge in [0.1, 0.15) is 15.5 Å². The van der Waals surface area contributed by atoms with Crippen LogP contribution in [0.2, 0.25) is 0 Å². The zero-order valence-electron chi connectivity index (χ0n) is 27.0. The molecule has 0 amide bonds. The maximum Gasteiger partial charge on any atom is 0.329 e. The molecule has 1 aliphatic heterocycles. The molecule has 10 heteroatoms. The molecule has 1 N–H and O–H groups in total. The van der Waals surface area contributed by atoms with Crippen molar-refractivity contribution in [2.45, 2.75) is 74.6 Å². The fourth-order valence-electron chi connectivity index (χ4n) is 8.06. The topological polar surface area (TPSA) is 117 Å². The number of pyridine rings is 1. The number of H-pyrrole nitrogens is 1. The van der Waals surface area contributed by atoms with E-state index in [9.17, 15) is 18.5 Å². The summed E-state index contributed by atoms with van der Waals surface area (Å²) in [6.45, 7) is 2.32. The molecular formula is C37H40N6O3S. The smallest absolute Gasteiger partial charge is 0.329 e. The number of aromatic nitrogens is 4. The van der Waals surface area contributed by atoms with Gasteiger partial charge in [-0.2, -0.15) is 5.26 Å². The molecule has 5 aromatic rings. The van der Waals surface area contributed by atoms with Crippen LogP contribution < -0.4 is 5.69 Å². The second-order valence-electron chi connectivity index (χ2n) is 14.0. The molecule has 242 valence electrons. The molecule has 0 spiro atoms. The Labute approximate surface area is 274 Å². The summed E-state index contributed by atoms with van der Waals surface area (Å²) in [7, 11) is -1.16. The number of benzene rings is 2. The molecule has 8 rings (SSSR count). The van der Waals surface area contributed by atoms with Crippen molar-refractivity contribution in [1.29, 1.82) is 5.26 Å². The summed E-state index contributed by atoms with van der Waals surface area (Å²) in [6.07, 6.45) is 10.5. The van der Waals surface area contributed by atoms with Crippen molar-refractivity contribution in [3.8, 4) is 28.5 Å². The van der Waals surface area contributed by atoms with Crippen LogP contribution in [0.4, 0.5) is 0 Å². The van der Waals surface area contributed by atoms with E-state index in [0.717, 1.165) is 108 Å². The summed E-state index contributed by atoms with van der Waals surface area (Å²) in [6, 6.07) is 19.7. The molecule has 9 nitrogen and oxygen atoms in total. The largest absolute Gasteiger partial charge is 0.339 e. The first kappa shape index (κ1) is 30.2. The van der Waals surface area contributed by atoms with Gasteiger partial charge in [-0.15, -0.1) is 0 Å². The molecule has 0 atom stereocenters. The fourth-order valence-corrected chi connectivity index (χ4v) is 9.13. The van der Waals surface area contributed by atoms with Crippen LogP contribution in [0.1, 0.15) is 68.5 Å².